The largest absolute Gasteiger partial charge is 0.384 e. The number of benzene rings is 2. The van der Waals surface area contributed by atoms with Gasteiger partial charge in [-0.3, -0.25) is 0 Å². The molecule has 1 aromatic heterocycles. The predicted octanol–water partition coefficient (Wildman–Crippen LogP) is 5.05. The van der Waals surface area contributed by atoms with Crippen LogP contribution in [-0.2, 0) is 0 Å². The Balaban J connectivity index is 2.13. The molecule has 3 heteroatoms. The van der Waals surface area contributed by atoms with Crippen molar-refractivity contribution in [2.45, 2.75) is 13.0 Å². The average molecular weight is 333 g/mol. The number of aliphatic hydroxyl groups is 1. The van der Waals surface area contributed by atoms with Crippen molar-refractivity contribution in [1.29, 1.82) is 0 Å². The van der Waals surface area contributed by atoms with Crippen LogP contribution < -0.4 is 0 Å². The molecule has 0 aliphatic rings. The number of halogens is 1. The Labute approximate surface area is 124 Å². The summed E-state index contributed by atoms with van der Waals surface area (Å²) in [6.07, 6.45) is -0.592. The molecule has 0 radical (unpaired) electrons. The standard InChI is InChI=1S/C16H13BrOS/c1-10-6-7-14(17)12(8-10)16(18)13-9-19-15-5-3-2-4-11(13)15/h2-9,16,18H,1H3. The zero-order valence-corrected chi connectivity index (χ0v) is 12.8. The maximum atomic E-state index is 10.7. The third-order valence-electron chi connectivity index (χ3n) is 3.25. The summed E-state index contributed by atoms with van der Waals surface area (Å²) in [7, 11) is 0. The van der Waals surface area contributed by atoms with Crippen molar-refractivity contribution in [3.8, 4) is 0 Å². The van der Waals surface area contributed by atoms with Crippen LogP contribution in [0.15, 0.2) is 52.3 Å². The molecule has 1 nitrogen and oxygen atoms in total. The number of aryl methyl sites for hydroxylation is 1. The Morgan fingerprint density at radius 1 is 1.11 bits per heavy atom. The van der Waals surface area contributed by atoms with E-state index in [4.69, 9.17) is 0 Å². The average Bonchev–Trinajstić information content (AvgIpc) is 2.84. The summed E-state index contributed by atoms with van der Waals surface area (Å²) in [6.45, 7) is 2.04. The second-order valence-corrected chi connectivity index (χ2v) is 6.38. The van der Waals surface area contributed by atoms with Crippen molar-refractivity contribution >= 4 is 37.4 Å². The Morgan fingerprint density at radius 2 is 1.89 bits per heavy atom. The van der Waals surface area contributed by atoms with E-state index in [0.717, 1.165) is 26.5 Å². The highest BCUT2D eigenvalue weighted by Gasteiger charge is 2.17. The monoisotopic (exact) mass is 332 g/mol. The highest BCUT2D eigenvalue weighted by Crippen LogP contribution is 2.36. The summed E-state index contributed by atoms with van der Waals surface area (Å²) in [6, 6.07) is 14.2. The molecule has 19 heavy (non-hydrogen) atoms. The normalized spacial score (nSPS) is 12.8. The first-order chi connectivity index (χ1) is 9.16. The van der Waals surface area contributed by atoms with Gasteiger partial charge in [0.25, 0.3) is 0 Å². The summed E-state index contributed by atoms with van der Waals surface area (Å²) in [5, 5.41) is 13.8. The van der Waals surface area contributed by atoms with Crippen molar-refractivity contribution in [2.24, 2.45) is 0 Å². The first kappa shape index (κ1) is 12.9. The molecule has 1 atom stereocenters. The summed E-state index contributed by atoms with van der Waals surface area (Å²) >= 11 is 5.20. The Morgan fingerprint density at radius 3 is 2.74 bits per heavy atom. The van der Waals surface area contributed by atoms with Crippen LogP contribution in [0.1, 0.15) is 22.8 Å². The van der Waals surface area contributed by atoms with Crippen molar-refractivity contribution in [2.75, 3.05) is 0 Å². The molecule has 96 valence electrons. The second-order valence-electron chi connectivity index (χ2n) is 4.61. The van der Waals surface area contributed by atoms with Crippen LogP contribution in [0.5, 0.6) is 0 Å². The molecule has 0 spiro atoms. The van der Waals surface area contributed by atoms with Gasteiger partial charge in [0.05, 0.1) is 0 Å². The summed E-state index contributed by atoms with van der Waals surface area (Å²) in [5.41, 5.74) is 3.05. The molecule has 0 fully saturated rings. The van der Waals surface area contributed by atoms with Crippen LogP contribution in [0.3, 0.4) is 0 Å². The van der Waals surface area contributed by atoms with Crippen LogP contribution in [0.4, 0.5) is 0 Å². The fraction of sp³-hybridized carbons (Fsp3) is 0.125. The number of hydrogen-bond donors (Lipinski definition) is 1. The third-order valence-corrected chi connectivity index (χ3v) is 4.96. The zero-order chi connectivity index (χ0) is 13.4. The Bertz CT molecular complexity index is 732. The molecule has 3 aromatic rings. The quantitative estimate of drug-likeness (QED) is 0.695. The SMILES string of the molecule is Cc1ccc(Br)c(C(O)c2csc3ccccc23)c1. The molecule has 0 amide bonds. The maximum absolute atomic E-state index is 10.7. The first-order valence-electron chi connectivity index (χ1n) is 6.07. The van der Waals surface area contributed by atoms with Gasteiger partial charge in [0.2, 0.25) is 0 Å². The molecule has 0 aliphatic heterocycles. The Kier molecular flexibility index (Phi) is 3.44. The van der Waals surface area contributed by atoms with Crippen LogP contribution in [0.2, 0.25) is 0 Å². The van der Waals surface area contributed by atoms with Crippen LogP contribution in [-0.4, -0.2) is 5.11 Å². The lowest BCUT2D eigenvalue weighted by Crippen LogP contribution is -2.00. The van der Waals surface area contributed by atoms with Crippen molar-refractivity contribution in [3.05, 3.63) is 69.0 Å². The van der Waals surface area contributed by atoms with Gasteiger partial charge in [-0.15, -0.1) is 11.3 Å². The van der Waals surface area contributed by atoms with Crippen molar-refractivity contribution in [1.82, 2.24) is 0 Å². The highest BCUT2D eigenvalue weighted by molar-refractivity contribution is 9.10. The van der Waals surface area contributed by atoms with Crippen molar-refractivity contribution < 1.29 is 5.11 Å². The van der Waals surface area contributed by atoms with Gasteiger partial charge in [0, 0.05) is 14.7 Å². The molecule has 2 aromatic carbocycles. The van der Waals surface area contributed by atoms with E-state index in [1.54, 1.807) is 11.3 Å². The molecule has 1 heterocycles. The number of fused-ring (bicyclic) bond motifs is 1. The van der Waals surface area contributed by atoms with Crippen LogP contribution >= 0.6 is 27.3 Å². The second kappa shape index (κ2) is 5.08. The maximum Gasteiger partial charge on any atom is 0.107 e. The molecule has 0 saturated carbocycles. The van der Waals surface area contributed by atoms with E-state index in [1.165, 1.54) is 4.70 Å². The van der Waals surface area contributed by atoms with Gasteiger partial charge >= 0.3 is 0 Å². The Hall–Kier alpha value is -1.16. The molecule has 0 saturated heterocycles. The van der Waals surface area contributed by atoms with Gasteiger partial charge < -0.3 is 5.11 Å². The smallest absolute Gasteiger partial charge is 0.107 e. The van der Waals surface area contributed by atoms with E-state index in [-0.39, 0.29) is 0 Å². The minimum absolute atomic E-state index is 0.592. The summed E-state index contributed by atoms with van der Waals surface area (Å²) in [5.74, 6) is 0. The van der Waals surface area contributed by atoms with Crippen LogP contribution in [0.25, 0.3) is 10.1 Å². The van der Waals surface area contributed by atoms with Gasteiger partial charge in [0.1, 0.15) is 6.10 Å². The highest BCUT2D eigenvalue weighted by atomic mass is 79.9. The predicted molar refractivity (Wildman–Crippen MR) is 84.8 cm³/mol. The molecular formula is C16H13BrOS. The van der Waals surface area contributed by atoms with Gasteiger partial charge in [-0.25, -0.2) is 0 Å². The molecule has 1 N–H and O–H groups in total. The zero-order valence-electron chi connectivity index (χ0n) is 10.4. The van der Waals surface area contributed by atoms with E-state index in [1.807, 2.05) is 42.6 Å². The van der Waals surface area contributed by atoms with Gasteiger partial charge in [0.15, 0.2) is 0 Å². The molecule has 0 aliphatic carbocycles. The molecule has 3 rings (SSSR count). The van der Waals surface area contributed by atoms with E-state index >= 15 is 0 Å². The lowest BCUT2D eigenvalue weighted by Gasteiger charge is -2.13. The lowest BCUT2D eigenvalue weighted by molar-refractivity contribution is 0.221. The van der Waals surface area contributed by atoms with Gasteiger partial charge in [-0.1, -0.05) is 51.8 Å². The minimum Gasteiger partial charge on any atom is -0.384 e. The molecule has 1 unspecified atom stereocenters. The fourth-order valence-corrected chi connectivity index (χ4v) is 3.69. The number of thiophene rings is 1. The fourth-order valence-electron chi connectivity index (χ4n) is 2.25. The van der Waals surface area contributed by atoms with E-state index in [0.29, 0.717) is 0 Å². The molecule has 0 bridgehead atoms. The van der Waals surface area contributed by atoms with Gasteiger partial charge in [-0.05, 0) is 35.4 Å². The molecular weight excluding hydrogens is 320 g/mol. The minimum atomic E-state index is -0.592. The number of hydrogen-bond acceptors (Lipinski definition) is 2. The summed E-state index contributed by atoms with van der Waals surface area (Å²) < 4.78 is 2.15. The topological polar surface area (TPSA) is 20.2 Å². The number of aliphatic hydroxyl groups excluding tert-OH is 1. The first-order valence-corrected chi connectivity index (χ1v) is 7.74. The van der Waals surface area contributed by atoms with Crippen LogP contribution in [0, 0.1) is 6.92 Å². The lowest BCUT2D eigenvalue weighted by atomic mass is 9.99. The van der Waals surface area contributed by atoms with E-state index in [2.05, 4.69) is 28.1 Å². The summed E-state index contributed by atoms with van der Waals surface area (Å²) in [4.78, 5) is 0. The van der Waals surface area contributed by atoms with E-state index in [9.17, 15) is 5.11 Å². The number of rotatable bonds is 2. The van der Waals surface area contributed by atoms with Crippen molar-refractivity contribution in [3.63, 3.8) is 0 Å². The third kappa shape index (κ3) is 2.34. The van der Waals surface area contributed by atoms with E-state index < -0.39 is 6.10 Å². The van der Waals surface area contributed by atoms with Gasteiger partial charge in [-0.2, -0.15) is 0 Å².